The zero-order valence-electron chi connectivity index (χ0n) is 19.0. The summed E-state index contributed by atoms with van der Waals surface area (Å²) in [6, 6.07) is 12.5. The summed E-state index contributed by atoms with van der Waals surface area (Å²) in [5.41, 5.74) is 10.0. The van der Waals surface area contributed by atoms with Gasteiger partial charge in [0.2, 0.25) is 5.75 Å². The van der Waals surface area contributed by atoms with Gasteiger partial charge in [-0.1, -0.05) is 37.7 Å². The van der Waals surface area contributed by atoms with E-state index in [0.717, 1.165) is 22.8 Å². The maximum Gasteiger partial charge on any atom is 0.203 e. The van der Waals surface area contributed by atoms with Crippen molar-refractivity contribution in [3.8, 4) is 17.2 Å². The molecule has 7 nitrogen and oxygen atoms in total. The molecule has 0 saturated carbocycles. The molecule has 1 aliphatic heterocycles. The number of aliphatic imine (C=N–C) groups is 1. The molecular weight excluding hydrogens is 412 g/mol. The van der Waals surface area contributed by atoms with Crippen molar-refractivity contribution >= 4 is 22.6 Å². The van der Waals surface area contributed by atoms with Gasteiger partial charge in [-0.15, -0.1) is 0 Å². The van der Waals surface area contributed by atoms with Crippen LogP contribution in [0, 0.1) is 0 Å². The lowest BCUT2D eigenvalue weighted by molar-refractivity contribution is 0.323. The van der Waals surface area contributed by atoms with E-state index in [2.05, 4.69) is 54.3 Å². The first-order chi connectivity index (χ1) is 15.0. The molecule has 3 rings (SSSR count). The number of thioether (sulfide) groups is 1. The molecule has 1 saturated heterocycles. The van der Waals surface area contributed by atoms with Crippen LogP contribution in [0.1, 0.15) is 43.4 Å². The third kappa shape index (κ3) is 5.64. The quantitative estimate of drug-likeness (QED) is 0.428. The highest BCUT2D eigenvalue weighted by atomic mass is 32.2. The number of methoxy groups -OCH3 is 3. The predicted molar refractivity (Wildman–Crippen MR) is 129 cm³/mol. The molecule has 168 valence electrons. The minimum atomic E-state index is -0.0611. The van der Waals surface area contributed by atoms with Crippen LogP contribution in [0.25, 0.3) is 0 Å². The van der Waals surface area contributed by atoms with Gasteiger partial charge in [0, 0.05) is 18.2 Å². The number of hydrogen-bond acceptors (Lipinski definition) is 7. The van der Waals surface area contributed by atoms with Crippen molar-refractivity contribution in [2.45, 2.75) is 38.4 Å². The molecule has 0 amide bonds. The number of amidine groups is 1. The summed E-state index contributed by atoms with van der Waals surface area (Å²) in [5, 5.41) is 4.28. The molecule has 2 atom stereocenters. The molecule has 2 aromatic carbocycles. The Kier molecular flexibility index (Phi) is 8.06. The topological polar surface area (TPSA) is 76.1 Å². The second kappa shape index (κ2) is 10.7. The van der Waals surface area contributed by atoms with Crippen molar-refractivity contribution in [1.82, 2.24) is 10.9 Å². The highest BCUT2D eigenvalue weighted by Crippen LogP contribution is 2.40. The van der Waals surface area contributed by atoms with Crippen LogP contribution >= 0.6 is 11.8 Å². The second-order valence-electron chi connectivity index (χ2n) is 7.59. The summed E-state index contributed by atoms with van der Waals surface area (Å²) < 4.78 is 16.4. The van der Waals surface area contributed by atoms with E-state index in [-0.39, 0.29) is 12.2 Å². The number of nitrogens with one attached hydrogen (secondary N) is 3. The molecular formula is C23H32N4O3S. The number of anilines is 1. The van der Waals surface area contributed by atoms with Crippen LogP contribution in [0.2, 0.25) is 0 Å². The first-order valence-corrected chi connectivity index (χ1v) is 11.5. The highest BCUT2D eigenvalue weighted by Gasteiger charge is 2.27. The first kappa shape index (κ1) is 23.2. The molecule has 0 bridgehead atoms. The number of hydrogen-bond donors (Lipinski definition) is 3. The van der Waals surface area contributed by atoms with Crippen molar-refractivity contribution in [2.24, 2.45) is 4.99 Å². The summed E-state index contributed by atoms with van der Waals surface area (Å²) in [6.45, 7) is 4.39. The van der Waals surface area contributed by atoms with Crippen LogP contribution in [0.15, 0.2) is 41.4 Å². The van der Waals surface area contributed by atoms with Crippen LogP contribution in [-0.4, -0.2) is 38.9 Å². The van der Waals surface area contributed by atoms with Crippen LogP contribution in [0.4, 0.5) is 5.69 Å². The van der Waals surface area contributed by atoms with Gasteiger partial charge < -0.3 is 19.5 Å². The molecule has 0 aliphatic carbocycles. The van der Waals surface area contributed by atoms with Crippen LogP contribution in [0.3, 0.4) is 0 Å². The van der Waals surface area contributed by atoms with E-state index in [9.17, 15) is 0 Å². The SMILES string of the molecule is COc1cc(C2CC(/N=C(/Nc3ccc(C(C)C)cc3)SC)NN2)cc(OC)c1OC. The standard InChI is InChI=1S/C23H32N4O3S/c1-14(2)15-7-9-17(10-8-15)24-23(31-6)25-21-13-18(26-27-21)16-11-19(28-3)22(30-5)20(12-16)29-4/h7-12,14,18,21,26-27H,13H2,1-6H3,(H,24,25). The zero-order chi connectivity index (χ0) is 22.4. The minimum absolute atomic E-state index is 0.0611. The monoisotopic (exact) mass is 444 g/mol. The fraction of sp³-hybridized carbons (Fsp3) is 0.435. The van der Waals surface area contributed by atoms with Gasteiger partial charge in [0.05, 0.1) is 21.3 Å². The minimum Gasteiger partial charge on any atom is -0.493 e. The molecule has 8 heteroatoms. The summed E-state index contributed by atoms with van der Waals surface area (Å²) in [5.74, 6) is 2.39. The maximum atomic E-state index is 5.48. The molecule has 2 unspecified atom stereocenters. The average molecular weight is 445 g/mol. The molecule has 1 fully saturated rings. The van der Waals surface area contributed by atoms with E-state index in [0.29, 0.717) is 23.2 Å². The van der Waals surface area contributed by atoms with Crippen molar-refractivity contribution in [3.63, 3.8) is 0 Å². The molecule has 0 aromatic heterocycles. The van der Waals surface area contributed by atoms with E-state index in [1.807, 2.05) is 18.4 Å². The molecule has 0 spiro atoms. The highest BCUT2D eigenvalue weighted by molar-refractivity contribution is 8.13. The predicted octanol–water partition coefficient (Wildman–Crippen LogP) is 4.53. The Morgan fingerprint density at radius 1 is 1.03 bits per heavy atom. The summed E-state index contributed by atoms with van der Waals surface area (Å²) in [4.78, 5) is 4.85. The van der Waals surface area contributed by atoms with Crippen LogP contribution in [0.5, 0.6) is 17.2 Å². The van der Waals surface area contributed by atoms with Gasteiger partial charge >= 0.3 is 0 Å². The average Bonchev–Trinajstić information content (AvgIpc) is 3.26. The number of ether oxygens (including phenoxy) is 3. The van der Waals surface area contributed by atoms with E-state index in [1.54, 1.807) is 33.1 Å². The maximum absolute atomic E-state index is 5.48. The van der Waals surface area contributed by atoms with Gasteiger partial charge in [-0.25, -0.2) is 15.8 Å². The Bertz CT molecular complexity index is 877. The summed E-state index contributed by atoms with van der Waals surface area (Å²) in [7, 11) is 4.85. The van der Waals surface area contributed by atoms with Gasteiger partial charge in [0.1, 0.15) is 6.17 Å². The normalized spacial score (nSPS) is 18.9. The number of benzene rings is 2. The molecule has 31 heavy (non-hydrogen) atoms. The van der Waals surface area contributed by atoms with Gasteiger partial charge in [-0.2, -0.15) is 0 Å². The van der Waals surface area contributed by atoms with Gasteiger partial charge in [-0.3, -0.25) is 0 Å². The molecule has 2 aromatic rings. The van der Waals surface area contributed by atoms with Gasteiger partial charge in [0.25, 0.3) is 0 Å². The van der Waals surface area contributed by atoms with E-state index >= 15 is 0 Å². The van der Waals surface area contributed by atoms with Crippen LogP contribution < -0.4 is 30.4 Å². The van der Waals surface area contributed by atoms with Gasteiger partial charge in [0.15, 0.2) is 16.7 Å². The Hall–Kier alpha value is -2.42. The fourth-order valence-electron chi connectivity index (χ4n) is 3.50. The molecule has 3 N–H and O–H groups in total. The van der Waals surface area contributed by atoms with Crippen molar-refractivity contribution in [2.75, 3.05) is 32.9 Å². The lowest BCUT2D eigenvalue weighted by atomic mass is 10.0. The number of nitrogens with zero attached hydrogens (tertiary/aromatic N) is 1. The lowest BCUT2D eigenvalue weighted by Crippen LogP contribution is -2.30. The smallest absolute Gasteiger partial charge is 0.203 e. The molecule has 0 radical (unpaired) electrons. The fourth-order valence-corrected chi connectivity index (χ4v) is 3.95. The zero-order valence-corrected chi connectivity index (χ0v) is 19.8. The Balaban J connectivity index is 1.71. The van der Waals surface area contributed by atoms with E-state index < -0.39 is 0 Å². The van der Waals surface area contributed by atoms with Crippen LogP contribution in [-0.2, 0) is 0 Å². The van der Waals surface area contributed by atoms with Crippen molar-refractivity contribution in [1.29, 1.82) is 0 Å². The Morgan fingerprint density at radius 3 is 2.19 bits per heavy atom. The molecule has 1 aliphatic rings. The Morgan fingerprint density at radius 2 is 1.68 bits per heavy atom. The van der Waals surface area contributed by atoms with Gasteiger partial charge in [-0.05, 0) is 47.6 Å². The summed E-state index contributed by atoms with van der Waals surface area (Å²) >= 11 is 1.59. The summed E-state index contributed by atoms with van der Waals surface area (Å²) in [6.07, 6.45) is 2.75. The van der Waals surface area contributed by atoms with E-state index in [4.69, 9.17) is 19.2 Å². The third-order valence-electron chi connectivity index (χ3n) is 5.27. The molecule has 1 heterocycles. The Labute approximate surface area is 188 Å². The van der Waals surface area contributed by atoms with Crippen molar-refractivity contribution < 1.29 is 14.2 Å². The van der Waals surface area contributed by atoms with E-state index in [1.165, 1.54) is 5.56 Å². The number of hydrazine groups is 1. The third-order valence-corrected chi connectivity index (χ3v) is 5.86. The number of rotatable bonds is 7. The largest absolute Gasteiger partial charge is 0.493 e. The lowest BCUT2D eigenvalue weighted by Gasteiger charge is -2.17. The second-order valence-corrected chi connectivity index (χ2v) is 8.39. The van der Waals surface area contributed by atoms with Crippen molar-refractivity contribution in [3.05, 3.63) is 47.5 Å². The first-order valence-electron chi connectivity index (χ1n) is 10.3.